The van der Waals surface area contributed by atoms with Crippen molar-refractivity contribution in [3.05, 3.63) is 78.4 Å². The molecule has 0 saturated carbocycles. The summed E-state index contributed by atoms with van der Waals surface area (Å²) in [5, 5.41) is 46.7. The molecule has 2 amide bonds. The van der Waals surface area contributed by atoms with E-state index in [0.717, 1.165) is 10.8 Å². The fourth-order valence-electron chi connectivity index (χ4n) is 4.04. The van der Waals surface area contributed by atoms with Crippen molar-refractivity contribution in [3.8, 4) is 0 Å². The summed E-state index contributed by atoms with van der Waals surface area (Å²) in [6, 6.07) is 20.0. The van der Waals surface area contributed by atoms with E-state index in [0.29, 0.717) is 16.9 Å². The molecule has 0 spiro atoms. The number of allylic oxidation sites excluding steroid dienone is 1. The Balaban J connectivity index is 1.29. The molecule has 3 aromatic rings. The molecule has 1 heterocycles. The Hall–Kier alpha value is -3.60. The predicted octanol–water partition coefficient (Wildman–Crippen LogP) is 2.30. The minimum absolute atomic E-state index is 0.230. The van der Waals surface area contributed by atoms with Gasteiger partial charge in [-0.3, -0.25) is 4.79 Å². The average molecular weight is 493 g/mol. The summed E-state index contributed by atoms with van der Waals surface area (Å²) in [7, 11) is 0. The van der Waals surface area contributed by atoms with E-state index < -0.39 is 37.1 Å². The quantitative estimate of drug-likeness (QED) is 0.277. The maximum absolute atomic E-state index is 12.4. The molecule has 1 fully saturated rings. The first-order valence-electron chi connectivity index (χ1n) is 11.5. The van der Waals surface area contributed by atoms with Crippen LogP contribution in [0.4, 0.5) is 16.2 Å². The number of aliphatic hydroxyl groups excluding tert-OH is 4. The van der Waals surface area contributed by atoms with E-state index >= 15 is 0 Å². The third kappa shape index (κ3) is 6.14. The number of amides is 2. The second kappa shape index (κ2) is 11.4. The molecule has 188 valence electrons. The normalized spacial score (nSPS) is 24.1. The summed E-state index contributed by atoms with van der Waals surface area (Å²) in [4.78, 5) is 24.7. The Labute approximate surface area is 207 Å². The minimum atomic E-state index is -1.52. The van der Waals surface area contributed by atoms with Crippen LogP contribution in [0.15, 0.2) is 72.8 Å². The number of ether oxygens (including phenoxy) is 1. The van der Waals surface area contributed by atoms with Gasteiger partial charge in [-0.05, 0) is 46.7 Å². The number of rotatable bonds is 7. The highest BCUT2D eigenvalue weighted by Gasteiger charge is 2.43. The summed E-state index contributed by atoms with van der Waals surface area (Å²) in [5.74, 6) is -0.365. The van der Waals surface area contributed by atoms with Gasteiger partial charge in [0.05, 0.1) is 12.7 Å². The van der Waals surface area contributed by atoms with Crippen LogP contribution in [0.3, 0.4) is 0 Å². The molecule has 1 aliphatic heterocycles. The molecule has 6 N–H and O–H groups in total. The Morgan fingerprint density at radius 1 is 0.806 bits per heavy atom. The highest BCUT2D eigenvalue weighted by atomic mass is 16.5. The fraction of sp³-hybridized carbons (Fsp3) is 0.259. The lowest BCUT2D eigenvalue weighted by molar-refractivity contribution is -0.229. The number of ketones is 1. The Morgan fingerprint density at radius 3 is 2.17 bits per heavy atom. The summed E-state index contributed by atoms with van der Waals surface area (Å²) in [6.45, 7) is -0.549. The van der Waals surface area contributed by atoms with Crippen LogP contribution in [0.25, 0.3) is 16.8 Å². The number of anilines is 2. The van der Waals surface area contributed by atoms with Gasteiger partial charge in [0.2, 0.25) is 0 Å². The molecule has 9 heteroatoms. The second-order valence-electron chi connectivity index (χ2n) is 8.63. The largest absolute Gasteiger partial charge is 0.394 e. The van der Waals surface area contributed by atoms with Gasteiger partial charge in [-0.15, -0.1) is 0 Å². The lowest BCUT2D eigenvalue weighted by atomic mass is 9.92. The van der Waals surface area contributed by atoms with Gasteiger partial charge >= 0.3 is 6.03 Å². The number of aliphatic hydroxyl groups is 4. The van der Waals surface area contributed by atoms with Gasteiger partial charge in [-0.1, -0.05) is 48.5 Å². The van der Waals surface area contributed by atoms with Gasteiger partial charge in [-0.25, -0.2) is 4.79 Å². The zero-order chi connectivity index (χ0) is 25.7. The van der Waals surface area contributed by atoms with Crippen molar-refractivity contribution in [1.82, 2.24) is 0 Å². The highest BCUT2D eigenvalue weighted by Crippen LogP contribution is 2.24. The third-order valence-electron chi connectivity index (χ3n) is 6.03. The Bertz CT molecular complexity index is 1240. The maximum Gasteiger partial charge on any atom is 0.323 e. The van der Waals surface area contributed by atoms with E-state index in [4.69, 9.17) is 4.74 Å². The molecule has 9 nitrogen and oxygen atoms in total. The number of hydrogen-bond acceptors (Lipinski definition) is 7. The summed E-state index contributed by atoms with van der Waals surface area (Å²) >= 11 is 0. The molecular weight excluding hydrogens is 464 g/mol. The SMILES string of the molecule is O=C(/C=C/c1ccc(NC(=O)Nc2ccc3ccccc3c2)cc1)C[C@@H]1O[C@H](CO)[C@@H](O)[C@H](O)[C@H]1O. The number of carbonyl (C=O) groups is 2. The fourth-order valence-corrected chi connectivity index (χ4v) is 4.04. The molecule has 0 unspecified atom stereocenters. The maximum atomic E-state index is 12.4. The van der Waals surface area contributed by atoms with Gasteiger partial charge in [0.15, 0.2) is 5.78 Å². The lowest BCUT2D eigenvalue weighted by Gasteiger charge is -2.39. The number of hydrogen-bond donors (Lipinski definition) is 6. The van der Waals surface area contributed by atoms with Crippen LogP contribution < -0.4 is 10.6 Å². The van der Waals surface area contributed by atoms with Crippen LogP contribution in [-0.2, 0) is 9.53 Å². The smallest absolute Gasteiger partial charge is 0.323 e. The highest BCUT2D eigenvalue weighted by molar-refractivity contribution is 6.01. The number of carbonyl (C=O) groups excluding carboxylic acids is 2. The number of benzene rings is 3. The van der Waals surface area contributed by atoms with Gasteiger partial charge in [0, 0.05) is 17.8 Å². The summed E-state index contributed by atoms with van der Waals surface area (Å²) < 4.78 is 5.36. The van der Waals surface area contributed by atoms with Crippen molar-refractivity contribution < 1.29 is 34.8 Å². The minimum Gasteiger partial charge on any atom is -0.394 e. The van der Waals surface area contributed by atoms with Gasteiger partial charge in [0.25, 0.3) is 0 Å². The average Bonchev–Trinajstić information content (AvgIpc) is 2.88. The molecular formula is C27H28N2O7. The summed E-state index contributed by atoms with van der Waals surface area (Å²) in [5.41, 5.74) is 1.94. The summed E-state index contributed by atoms with van der Waals surface area (Å²) in [6.07, 6.45) is -3.88. The zero-order valence-electron chi connectivity index (χ0n) is 19.3. The van der Waals surface area contributed by atoms with E-state index in [1.807, 2.05) is 42.5 Å². The van der Waals surface area contributed by atoms with Crippen LogP contribution in [-0.4, -0.2) is 69.4 Å². The molecule has 1 aliphatic rings. The number of fused-ring (bicyclic) bond motifs is 1. The zero-order valence-corrected chi connectivity index (χ0v) is 19.3. The molecule has 0 aliphatic carbocycles. The van der Waals surface area contributed by atoms with Crippen molar-refractivity contribution in [3.63, 3.8) is 0 Å². The predicted molar refractivity (Wildman–Crippen MR) is 135 cm³/mol. The molecule has 4 rings (SSSR count). The van der Waals surface area contributed by atoms with Crippen LogP contribution >= 0.6 is 0 Å². The van der Waals surface area contributed by atoms with Gasteiger partial charge in [-0.2, -0.15) is 0 Å². The standard InChI is InChI=1S/C27H28N2O7/c30-15-23-25(33)26(34)24(32)22(36-23)14-21(31)12-7-16-5-9-19(10-6-16)28-27(35)29-20-11-8-17-3-1-2-4-18(17)13-20/h1-13,22-26,30,32-34H,14-15H2,(H2,28,29,35)/b12-7+/t22-,23+,24-,25+,26+/m0/s1. The van der Waals surface area contributed by atoms with E-state index in [9.17, 15) is 30.0 Å². The van der Waals surface area contributed by atoms with Gasteiger partial charge < -0.3 is 35.8 Å². The number of nitrogens with one attached hydrogen (secondary N) is 2. The Morgan fingerprint density at radius 2 is 1.44 bits per heavy atom. The molecule has 1 saturated heterocycles. The second-order valence-corrected chi connectivity index (χ2v) is 8.63. The monoisotopic (exact) mass is 492 g/mol. The molecule has 0 radical (unpaired) electrons. The van der Waals surface area contributed by atoms with Crippen molar-refractivity contribution in [2.45, 2.75) is 36.9 Å². The molecule has 36 heavy (non-hydrogen) atoms. The first-order valence-corrected chi connectivity index (χ1v) is 11.5. The molecule has 0 aromatic heterocycles. The van der Waals surface area contributed by atoms with Crippen molar-refractivity contribution >= 4 is 40.0 Å². The first kappa shape index (κ1) is 25.5. The molecule has 5 atom stereocenters. The topological polar surface area (TPSA) is 148 Å². The first-order chi connectivity index (χ1) is 17.3. The van der Waals surface area contributed by atoms with Crippen molar-refractivity contribution in [1.29, 1.82) is 0 Å². The molecule has 0 bridgehead atoms. The number of urea groups is 1. The van der Waals surface area contributed by atoms with E-state index in [2.05, 4.69) is 10.6 Å². The lowest BCUT2D eigenvalue weighted by Crippen LogP contribution is -2.58. The van der Waals surface area contributed by atoms with E-state index in [1.54, 1.807) is 30.3 Å². The van der Waals surface area contributed by atoms with Crippen LogP contribution in [0.2, 0.25) is 0 Å². The van der Waals surface area contributed by atoms with Crippen molar-refractivity contribution in [2.75, 3.05) is 17.2 Å². The van der Waals surface area contributed by atoms with Crippen LogP contribution in [0.1, 0.15) is 12.0 Å². The van der Waals surface area contributed by atoms with Gasteiger partial charge in [0.1, 0.15) is 24.4 Å². The molecule has 3 aromatic carbocycles. The van der Waals surface area contributed by atoms with Crippen molar-refractivity contribution in [2.24, 2.45) is 0 Å². The van der Waals surface area contributed by atoms with Crippen LogP contribution in [0.5, 0.6) is 0 Å². The van der Waals surface area contributed by atoms with Crippen LogP contribution in [0, 0.1) is 0 Å². The Kier molecular flexibility index (Phi) is 8.09. The van der Waals surface area contributed by atoms with E-state index in [-0.39, 0.29) is 18.2 Å². The third-order valence-corrected chi connectivity index (χ3v) is 6.03. The van der Waals surface area contributed by atoms with E-state index in [1.165, 1.54) is 6.08 Å².